The van der Waals surface area contributed by atoms with Gasteiger partial charge in [-0.2, -0.15) is 0 Å². The average molecular weight is 282 g/mol. The lowest BCUT2D eigenvalue weighted by molar-refractivity contribution is -0.132. The molecule has 1 heterocycles. The lowest BCUT2D eigenvalue weighted by atomic mass is 10.2. The van der Waals surface area contributed by atoms with E-state index < -0.39 is 0 Å². The molecule has 6 nitrogen and oxygen atoms in total. The highest BCUT2D eigenvalue weighted by Gasteiger charge is 2.19. The van der Waals surface area contributed by atoms with Gasteiger partial charge in [0.15, 0.2) is 0 Å². The second-order valence-electron chi connectivity index (χ2n) is 5.12. The Kier molecular flexibility index (Phi) is 7.08. The Labute approximate surface area is 121 Å². The zero-order valence-corrected chi connectivity index (χ0v) is 12.5. The van der Waals surface area contributed by atoms with Crippen molar-refractivity contribution in [2.45, 2.75) is 26.7 Å². The van der Waals surface area contributed by atoms with Gasteiger partial charge >= 0.3 is 0 Å². The smallest absolute Gasteiger partial charge is 0.223 e. The van der Waals surface area contributed by atoms with E-state index in [1.807, 2.05) is 4.90 Å². The number of amides is 1. The van der Waals surface area contributed by atoms with Gasteiger partial charge in [-0.25, -0.2) is 0 Å². The largest absolute Gasteiger partial charge is 0.401 e. The number of rotatable bonds is 7. The molecule has 0 radical (unpaired) electrons. The maximum atomic E-state index is 12.0. The maximum absolute atomic E-state index is 12.0. The Morgan fingerprint density at radius 1 is 1.20 bits per heavy atom. The fourth-order valence-electron chi connectivity index (χ4n) is 2.12. The van der Waals surface area contributed by atoms with Gasteiger partial charge < -0.3 is 20.9 Å². The summed E-state index contributed by atoms with van der Waals surface area (Å²) in [7, 11) is 0. The van der Waals surface area contributed by atoms with Gasteiger partial charge in [0.25, 0.3) is 0 Å². The van der Waals surface area contributed by atoms with Gasteiger partial charge in [0.1, 0.15) is 5.78 Å². The van der Waals surface area contributed by atoms with Gasteiger partial charge in [-0.15, -0.1) is 0 Å². The molecule has 1 aliphatic rings. The first kappa shape index (κ1) is 16.5. The molecule has 0 aromatic rings. The van der Waals surface area contributed by atoms with Crippen molar-refractivity contribution in [1.29, 1.82) is 0 Å². The Hall–Kier alpha value is -1.56. The predicted octanol–water partition coefficient (Wildman–Crippen LogP) is -0.0906. The standard InChI is InChI=1S/C14H26N4O2/c1-3-17-6-8-18(9-7-17)14(20)5-4-13(15)11-16-10-12(2)19/h11,16H,3-10,15H2,1-2H3/b13-11-. The fraction of sp³-hybridized carbons (Fsp3) is 0.714. The molecule has 0 aliphatic carbocycles. The highest BCUT2D eigenvalue weighted by molar-refractivity contribution is 5.77. The minimum Gasteiger partial charge on any atom is -0.401 e. The topological polar surface area (TPSA) is 78.7 Å². The summed E-state index contributed by atoms with van der Waals surface area (Å²) in [6.07, 6.45) is 2.57. The van der Waals surface area contributed by atoms with Gasteiger partial charge in [0, 0.05) is 44.5 Å². The number of nitrogens with one attached hydrogen (secondary N) is 1. The summed E-state index contributed by atoms with van der Waals surface area (Å²) in [5.74, 6) is 0.211. The van der Waals surface area contributed by atoms with Crippen molar-refractivity contribution in [3.05, 3.63) is 11.9 Å². The second-order valence-corrected chi connectivity index (χ2v) is 5.12. The molecule has 114 valence electrons. The molecular weight excluding hydrogens is 256 g/mol. The molecule has 20 heavy (non-hydrogen) atoms. The van der Waals surface area contributed by atoms with E-state index in [0.29, 0.717) is 18.5 Å². The lowest BCUT2D eigenvalue weighted by Gasteiger charge is -2.34. The summed E-state index contributed by atoms with van der Waals surface area (Å²) in [5.41, 5.74) is 6.39. The number of piperazine rings is 1. The molecule has 0 aromatic carbocycles. The number of likely N-dealkylation sites (N-methyl/N-ethyl adjacent to an activating group) is 1. The molecule has 0 unspecified atom stereocenters. The molecule has 0 atom stereocenters. The highest BCUT2D eigenvalue weighted by atomic mass is 16.2. The third-order valence-corrected chi connectivity index (χ3v) is 3.44. The van der Waals surface area contributed by atoms with E-state index in [-0.39, 0.29) is 18.2 Å². The molecule has 1 fully saturated rings. The van der Waals surface area contributed by atoms with Crippen LogP contribution in [0.5, 0.6) is 0 Å². The van der Waals surface area contributed by atoms with Crippen molar-refractivity contribution in [2.75, 3.05) is 39.3 Å². The van der Waals surface area contributed by atoms with Crippen LogP contribution < -0.4 is 11.1 Å². The van der Waals surface area contributed by atoms with Crippen LogP contribution in [0.1, 0.15) is 26.7 Å². The fourth-order valence-corrected chi connectivity index (χ4v) is 2.12. The Morgan fingerprint density at radius 3 is 2.40 bits per heavy atom. The Morgan fingerprint density at radius 2 is 1.85 bits per heavy atom. The minimum atomic E-state index is 0.0546. The van der Waals surface area contributed by atoms with Crippen molar-refractivity contribution < 1.29 is 9.59 Å². The summed E-state index contributed by atoms with van der Waals surface area (Å²) in [6.45, 7) is 8.47. The number of nitrogens with two attached hydrogens (primary N) is 1. The van der Waals surface area contributed by atoms with Crippen LogP contribution >= 0.6 is 0 Å². The van der Waals surface area contributed by atoms with Gasteiger partial charge in [0.2, 0.25) is 5.91 Å². The van der Waals surface area contributed by atoms with Crippen LogP contribution in [0.25, 0.3) is 0 Å². The van der Waals surface area contributed by atoms with Crippen molar-refractivity contribution in [3.8, 4) is 0 Å². The number of Topliss-reactive ketones (excluding diaryl/α,β-unsaturated/α-hetero) is 1. The van der Waals surface area contributed by atoms with Gasteiger partial charge in [-0.1, -0.05) is 6.92 Å². The average Bonchev–Trinajstić information content (AvgIpc) is 2.44. The van der Waals surface area contributed by atoms with Crippen molar-refractivity contribution in [3.63, 3.8) is 0 Å². The third-order valence-electron chi connectivity index (χ3n) is 3.44. The van der Waals surface area contributed by atoms with Crippen LogP contribution in [-0.2, 0) is 9.59 Å². The Balaban J connectivity index is 2.24. The van der Waals surface area contributed by atoms with E-state index in [1.165, 1.54) is 6.92 Å². The van der Waals surface area contributed by atoms with E-state index in [2.05, 4.69) is 17.1 Å². The number of hydrogen-bond acceptors (Lipinski definition) is 5. The molecule has 0 bridgehead atoms. The van der Waals surface area contributed by atoms with Crippen molar-refractivity contribution in [2.24, 2.45) is 5.73 Å². The van der Waals surface area contributed by atoms with Crippen molar-refractivity contribution >= 4 is 11.7 Å². The number of nitrogens with zero attached hydrogens (tertiary/aromatic N) is 2. The summed E-state index contributed by atoms with van der Waals surface area (Å²) in [4.78, 5) is 27.0. The molecule has 6 heteroatoms. The number of carbonyl (C=O) groups is 2. The summed E-state index contributed by atoms with van der Waals surface area (Å²) < 4.78 is 0. The van der Waals surface area contributed by atoms with Crippen LogP contribution in [0.2, 0.25) is 0 Å². The molecule has 3 N–H and O–H groups in total. The van der Waals surface area contributed by atoms with Crippen LogP contribution in [0.4, 0.5) is 0 Å². The molecule has 1 rings (SSSR count). The van der Waals surface area contributed by atoms with E-state index in [1.54, 1.807) is 6.20 Å². The van der Waals surface area contributed by atoms with E-state index >= 15 is 0 Å². The van der Waals surface area contributed by atoms with Gasteiger partial charge in [-0.05, 0) is 19.9 Å². The third kappa shape index (κ3) is 6.06. The molecule has 0 aromatic heterocycles. The summed E-state index contributed by atoms with van der Waals surface area (Å²) >= 11 is 0. The van der Waals surface area contributed by atoms with Crippen LogP contribution in [0.3, 0.4) is 0 Å². The van der Waals surface area contributed by atoms with Gasteiger partial charge in [0.05, 0.1) is 6.54 Å². The molecular formula is C14H26N4O2. The van der Waals surface area contributed by atoms with Crippen LogP contribution in [-0.4, -0.2) is 60.8 Å². The molecule has 1 aliphatic heterocycles. The SMILES string of the molecule is CCN1CCN(C(=O)CC/C(N)=C/NCC(C)=O)CC1. The van der Waals surface area contributed by atoms with Crippen LogP contribution in [0.15, 0.2) is 11.9 Å². The minimum absolute atomic E-state index is 0.0546. The quantitative estimate of drug-likeness (QED) is 0.682. The zero-order valence-electron chi connectivity index (χ0n) is 12.5. The molecule has 0 spiro atoms. The summed E-state index contributed by atoms with van der Waals surface area (Å²) in [5, 5.41) is 2.83. The van der Waals surface area contributed by atoms with Gasteiger partial charge in [-0.3, -0.25) is 9.59 Å². The summed E-state index contributed by atoms with van der Waals surface area (Å²) in [6, 6.07) is 0. The maximum Gasteiger partial charge on any atom is 0.223 e. The first-order valence-corrected chi connectivity index (χ1v) is 7.20. The van der Waals surface area contributed by atoms with E-state index in [4.69, 9.17) is 5.73 Å². The number of carbonyl (C=O) groups excluding carboxylic acids is 2. The first-order chi connectivity index (χ1) is 9.52. The number of allylic oxidation sites excluding steroid dienone is 1. The highest BCUT2D eigenvalue weighted by Crippen LogP contribution is 2.06. The molecule has 1 amide bonds. The van der Waals surface area contributed by atoms with E-state index in [0.717, 1.165) is 32.7 Å². The van der Waals surface area contributed by atoms with Crippen LogP contribution in [0, 0.1) is 0 Å². The molecule has 0 saturated carbocycles. The Bertz CT molecular complexity index is 360. The van der Waals surface area contributed by atoms with E-state index in [9.17, 15) is 9.59 Å². The molecule has 1 saturated heterocycles. The number of ketones is 1. The predicted molar refractivity (Wildman–Crippen MR) is 78.9 cm³/mol. The number of hydrogen-bond donors (Lipinski definition) is 2. The first-order valence-electron chi connectivity index (χ1n) is 7.20. The van der Waals surface area contributed by atoms with Crippen molar-refractivity contribution in [1.82, 2.24) is 15.1 Å². The lowest BCUT2D eigenvalue weighted by Crippen LogP contribution is -2.48. The second kappa shape index (κ2) is 8.58. The zero-order chi connectivity index (χ0) is 15.0. The normalized spacial score (nSPS) is 17.1. The monoisotopic (exact) mass is 282 g/mol.